The molecule has 0 radical (unpaired) electrons. The van der Waals surface area contributed by atoms with Gasteiger partial charge >= 0.3 is 6.03 Å². The lowest BCUT2D eigenvalue weighted by Gasteiger charge is -2.23. The Morgan fingerprint density at radius 2 is 1.69 bits per heavy atom. The molecular formula is C25H27N5O6. The Labute approximate surface area is 207 Å². The van der Waals surface area contributed by atoms with Crippen LogP contribution in [0.5, 0.6) is 11.5 Å². The molecule has 0 aliphatic carbocycles. The van der Waals surface area contributed by atoms with Crippen LogP contribution in [0.25, 0.3) is 5.69 Å². The highest BCUT2D eigenvalue weighted by atomic mass is 16.5. The largest absolute Gasteiger partial charge is 0.493 e. The number of hydrogen-bond acceptors (Lipinski definition) is 6. The number of nitrogens with zero attached hydrogens (tertiary/aromatic N) is 3. The Morgan fingerprint density at radius 1 is 1.03 bits per heavy atom. The first-order valence-electron chi connectivity index (χ1n) is 11.1. The predicted octanol–water partition coefficient (Wildman–Crippen LogP) is 1.91. The Kier molecular flexibility index (Phi) is 6.32. The average Bonchev–Trinajstić information content (AvgIpc) is 3.22. The fourth-order valence-corrected chi connectivity index (χ4v) is 4.22. The van der Waals surface area contributed by atoms with Gasteiger partial charge in [0.05, 0.1) is 25.6 Å². The summed E-state index contributed by atoms with van der Waals surface area (Å²) in [5.74, 6) is -0.427. The Hall–Kier alpha value is -4.54. The molecule has 4 amide bonds. The number of benzene rings is 2. The molecule has 188 valence electrons. The van der Waals surface area contributed by atoms with Crippen LogP contribution in [-0.4, -0.2) is 52.9 Å². The molecule has 11 heteroatoms. The summed E-state index contributed by atoms with van der Waals surface area (Å²) in [5.41, 5.74) is -0.161. The van der Waals surface area contributed by atoms with Crippen molar-refractivity contribution < 1.29 is 23.9 Å². The highest BCUT2D eigenvalue weighted by molar-refractivity contribution is 6.10. The van der Waals surface area contributed by atoms with Crippen LogP contribution in [0.1, 0.15) is 18.2 Å². The summed E-state index contributed by atoms with van der Waals surface area (Å²) < 4.78 is 13.6. The Balaban J connectivity index is 1.56. The minimum atomic E-state index is -1.42. The number of ether oxygens (including phenoxy) is 2. The van der Waals surface area contributed by atoms with E-state index in [1.54, 1.807) is 68.0 Å². The molecule has 1 saturated heterocycles. The average molecular weight is 494 g/mol. The van der Waals surface area contributed by atoms with E-state index in [2.05, 4.69) is 10.6 Å². The number of para-hydroxylation sites is 1. The second kappa shape index (κ2) is 9.25. The summed E-state index contributed by atoms with van der Waals surface area (Å²) in [7, 11) is 4.66. The normalized spacial score (nSPS) is 17.2. The molecule has 1 aromatic heterocycles. The van der Waals surface area contributed by atoms with Crippen LogP contribution in [0, 0.1) is 6.92 Å². The second-order valence-electron chi connectivity index (χ2n) is 8.50. The standard InChI is InChI=1S/C25H27N5O6/c1-15-21(22(32)30(28(15)3)17-9-7-6-8-10-17)26-20(31)14-29-23(33)25(2,27-24(29)34)16-11-12-18(35-4)19(13-16)36-5/h6-13H,14H2,1-5H3,(H,26,31)(H,27,34). The zero-order valence-corrected chi connectivity index (χ0v) is 20.6. The zero-order chi connectivity index (χ0) is 26.2. The third-order valence-electron chi connectivity index (χ3n) is 6.36. The van der Waals surface area contributed by atoms with Crippen molar-refractivity contribution in [1.29, 1.82) is 0 Å². The van der Waals surface area contributed by atoms with Gasteiger partial charge in [-0.3, -0.25) is 24.0 Å². The molecule has 1 fully saturated rings. The fourth-order valence-electron chi connectivity index (χ4n) is 4.22. The second-order valence-corrected chi connectivity index (χ2v) is 8.50. The maximum atomic E-state index is 13.3. The summed E-state index contributed by atoms with van der Waals surface area (Å²) in [4.78, 5) is 52.7. The van der Waals surface area contributed by atoms with Gasteiger partial charge in [-0.25, -0.2) is 9.48 Å². The topological polar surface area (TPSA) is 124 Å². The number of imide groups is 1. The predicted molar refractivity (Wildman–Crippen MR) is 132 cm³/mol. The van der Waals surface area contributed by atoms with Crippen molar-refractivity contribution in [2.24, 2.45) is 7.05 Å². The minimum absolute atomic E-state index is 0.0704. The molecule has 36 heavy (non-hydrogen) atoms. The third kappa shape index (κ3) is 3.98. The quantitative estimate of drug-likeness (QED) is 0.485. The maximum Gasteiger partial charge on any atom is 0.325 e. The van der Waals surface area contributed by atoms with E-state index in [0.717, 1.165) is 4.90 Å². The molecule has 11 nitrogen and oxygen atoms in total. The van der Waals surface area contributed by atoms with Crippen molar-refractivity contribution in [3.8, 4) is 17.2 Å². The zero-order valence-electron chi connectivity index (χ0n) is 20.6. The summed E-state index contributed by atoms with van der Waals surface area (Å²) >= 11 is 0. The van der Waals surface area contributed by atoms with Gasteiger partial charge in [0.15, 0.2) is 11.5 Å². The highest BCUT2D eigenvalue weighted by Gasteiger charge is 2.49. The molecule has 2 aromatic carbocycles. The number of carbonyl (C=O) groups is 3. The number of carbonyl (C=O) groups excluding carboxylic acids is 3. The van der Waals surface area contributed by atoms with Gasteiger partial charge in [0.1, 0.15) is 17.8 Å². The number of anilines is 1. The van der Waals surface area contributed by atoms with Crippen LogP contribution in [0.2, 0.25) is 0 Å². The molecule has 1 aliphatic rings. The number of aromatic nitrogens is 2. The molecule has 3 aromatic rings. The lowest BCUT2D eigenvalue weighted by molar-refractivity contribution is -0.133. The number of rotatable bonds is 7. The van der Waals surface area contributed by atoms with Crippen molar-refractivity contribution >= 4 is 23.5 Å². The van der Waals surface area contributed by atoms with Crippen molar-refractivity contribution in [2.75, 3.05) is 26.1 Å². The first-order chi connectivity index (χ1) is 17.1. The van der Waals surface area contributed by atoms with Gasteiger partial charge in [0, 0.05) is 7.05 Å². The molecule has 1 unspecified atom stereocenters. The van der Waals surface area contributed by atoms with Gasteiger partial charge in [-0.1, -0.05) is 24.3 Å². The highest BCUT2D eigenvalue weighted by Crippen LogP contribution is 2.35. The lowest BCUT2D eigenvalue weighted by atomic mass is 9.91. The van der Waals surface area contributed by atoms with E-state index in [1.165, 1.54) is 18.9 Å². The summed E-state index contributed by atoms with van der Waals surface area (Å²) in [5, 5.41) is 5.23. The van der Waals surface area contributed by atoms with Gasteiger partial charge in [-0.05, 0) is 43.7 Å². The molecular weight excluding hydrogens is 466 g/mol. The number of urea groups is 1. The molecule has 2 heterocycles. The molecule has 1 aliphatic heterocycles. The molecule has 4 rings (SSSR count). The number of nitrogens with one attached hydrogen (secondary N) is 2. The van der Waals surface area contributed by atoms with Crippen molar-refractivity contribution in [3.05, 3.63) is 70.1 Å². The lowest BCUT2D eigenvalue weighted by Crippen LogP contribution is -2.42. The van der Waals surface area contributed by atoms with Crippen LogP contribution < -0.4 is 25.7 Å². The SMILES string of the molecule is COc1ccc(C2(C)NC(=O)N(CC(=O)Nc3c(C)n(C)n(-c4ccccc4)c3=O)C2=O)cc1OC. The van der Waals surface area contributed by atoms with Crippen molar-refractivity contribution in [1.82, 2.24) is 19.6 Å². The Morgan fingerprint density at radius 3 is 2.33 bits per heavy atom. The molecule has 2 N–H and O–H groups in total. The van der Waals surface area contributed by atoms with Gasteiger partial charge in [0.25, 0.3) is 11.5 Å². The number of hydrogen-bond donors (Lipinski definition) is 2. The van der Waals surface area contributed by atoms with E-state index in [9.17, 15) is 19.2 Å². The van der Waals surface area contributed by atoms with E-state index in [1.807, 2.05) is 6.07 Å². The third-order valence-corrected chi connectivity index (χ3v) is 6.36. The Bertz CT molecular complexity index is 1410. The number of methoxy groups -OCH3 is 2. The van der Waals surface area contributed by atoms with Crippen LogP contribution in [0.15, 0.2) is 53.3 Å². The summed E-state index contributed by atoms with van der Waals surface area (Å²) in [6, 6.07) is 13.1. The van der Waals surface area contributed by atoms with Crippen molar-refractivity contribution in [3.63, 3.8) is 0 Å². The molecule has 0 saturated carbocycles. The van der Waals surface area contributed by atoms with E-state index >= 15 is 0 Å². The molecule has 0 spiro atoms. The van der Waals surface area contributed by atoms with E-state index in [4.69, 9.17) is 9.47 Å². The van der Waals surface area contributed by atoms with Gasteiger partial charge in [-0.2, -0.15) is 0 Å². The van der Waals surface area contributed by atoms with Gasteiger partial charge in [-0.15, -0.1) is 0 Å². The number of amides is 4. The molecule has 0 bridgehead atoms. The van der Waals surface area contributed by atoms with Crippen LogP contribution >= 0.6 is 0 Å². The van der Waals surface area contributed by atoms with Crippen LogP contribution in [0.3, 0.4) is 0 Å². The van der Waals surface area contributed by atoms with Gasteiger partial charge < -0.3 is 20.1 Å². The van der Waals surface area contributed by atoms with E-state index in [0.29, 0.717) is 28.4 Å². The van der Waals surface area contributed by atoms with Crippen LogP contribution in [-0.2, 0) is 22.2 Å². The first-order valence-corrected chi connectivity index (χ1v) is 11.1. The first kappa shape index (κ1) is 24.6. The van der Waals surface area contributed by atoms with E-state index < -0.39 is 35.5 Å². The van der Waals surface area contributed by atoms with Crippen molar-refractivity contribution in [2.45, 2.75) is 19.4 Å². The van der Waals surface area contributed by atoms with E-state index in [-0.39, 0.29) is 5.69 Å². The summed E-state index contributed by atoms with van der Waals surface area (Å²) in [6.07, 6.45) is 0. The smallest absolute Gasteiger partial charge is 0.325 e. The molecule has 1 atom stereocenters. The monoisotopic (exact) mass is 493 g/mol. The minimum Gasteiger partial charge on any atom is -0.493 e. The summed E-state index contributed by atoms with van der Waals surface area (Å²) in [6.45, 7) is 2.68. The maximum absolute atomic E-state index is 13.3. The van der Waals surface area contributed by atoms with Crippen LogP contribution in [0.4, 0.5) is 10.5 Å². The van der Waals surface area contributed by atoms with Gasteiger partial charge in [0.2, 0.25) is 5.91 Å². The fraction of sp³-hybridized carbons (Fsp3) is 0.280.